The largest absolute Gasteiger partial charge is 0.422 e. The van der Waals surface area contributed by atoms with Crippen molar-refractivity contribution in [3.8, 4) is 0 Å². The number of amides is 1. The van der Waals surface area contributed by atoms with Gasteiger partial charge < -0.3 is 15.5 Å². The van der Waals surface area contributed by atoms with Crippen LogP contribution in [0, 0.1) is 5.92 Å². The van der Waals surface area contributed by atoms with Crippen LogP contribution in [0.15, 0.2) is 39.5 Å². The third kappa shape index (κ3) is 2.69. The number of rotatable bonds is 3. The van der Waals surface area contributed by atoms with Gasteiger partial charge in [0.25, 0.3) is 5.91 Å². The van der Waals surface area contributed by atoms with E-state index in [1.54, 1.807) is 18.2 Å². The number of hydrogen-bond acceptors (Lipinski definition) is 4. The fourth-order valence-corrected chi connectivity index (χ4v) is 2.98. The third-order valence-corrected chi connectivity index (χ3v) is 4.16. The molecule has 21 heavy (non-hydrogen) atoms. The van der Waals surface area contributed by atoms with E-state index < -0.39 is 5.63 Å². The minimum atomic E-state index is -0.603. The predicted molar refractivity (Wildman–Crippen MR) is 80.1 cm³/mol. The highest BCUT2D eigenvalue weighted by atomic mass is 16.4. The predicted octanol–water partition coefficient (Wildman–Crippen LogP) is 1.65. The van der Waals surface area contributed by atoms with Gasteiger partial charge in [-0.3, -0.25) is 4.79 Å². The zero-order chi connectivity index (χ0) is 14.8. The summed E-state index contributed by atoms with van der Waals surface area (Å²) in [5.41, 5.74) is 5.65. The summed E-state index contributed by atoms with van der Waals surface area (Å²) in [6.45, 7) is 0.553. The van der Waals surface area contributed by atoms with Gasteiger partial charge in [-0.25, -0.2) is 4.79 Å². The summed E-state index contributed by atoms with van der Waals surface area (Å²) in [5.74, 6) is -0.0821. The van der Waals surface area contributed by atoms with Gasteiger partial charge >= 0.3 is 5.63 Å². The number of para-hydroxylation sites is 1. The molecule has 110 valence electrons. The first kappa shape index (κ1) is 13.8. The van der Waals surface area contributed by atoms with Gasteiger partial charge in [0, 0.05) is 11.4 Å². The van der Waals surface area contributed by atoms with Gasteiger partial charge in [-0.2, -0.15) is 0 Å². The highest BCUT2D eigenvalue weighted by Crippen LogP contribution is 2.24. The average Bonchev–Trinajstić information content (AvgIpc) is 2.93. The number of nitrogens with one attached hydrogen (secondary N) is 1. The maximum absolute atomic E-state index is 12.3. The molecule has 1 aromatic carbocycles. The molecule has 1 saturated carbocycles. The Morgan fingerprint density at radius 2 is 2.14 bits per heavy atom. The summed E-state index contributed by atoms with van der Waals surface area (Å²) in [6.07, 6.45) is 2.99. The quantitative estimate of drug-likeness (QED) is 0.840. The van der Waals surface area contributed by atoms with Gasteiger partial charge in [0.2, 0.25) is 0 Å². The molecule has 2 unspecified atom stereocenters. The molecule has 5 nitrogen and oxygen atoms in total. The number of nitrogens with two attached hydrogens (primary N) is 1. The lowest BCUT2D eigenvalue weighted by Gasteiger charge is -2.19. The Morgan fingerprint density at radius 3 is 2.95 bits per heavy atom. The molecule has 0 aliphatic heterocycles. The molecule has 3 rings (SSSR count). The Balaban J connectivity index is 1.87. The van der Waals surface area contributed by atoms with E-state index in [-0.39, 0.29) is 17.5 Å². The molecule has 1 aliphatic carbocycles. The molecule has 1 heterocycles. The lowest BCUT2D eigenvalue weighted by molar-refractivity contribution is 0.0925. The van der Waals surface area contributed by atoms with E-state index in [1.165, 1.54) is 0 Å². The van der Waals surface area contributed by atoms with Crippen LogP contribution >= 0.6 is 0 Å². The maximum atomic E-state index is 12.3. The Morgan fingerprint density at radius 1 is 1.33 bits per heavy atom. The van der Waals surface area contributed by atoms with E-state index in [4.69, 9.17) is 10.2 Å². The molecule has 1 aromatic heterocycles. The number of fused-ring (bicyclic) bond motifs is 1. The maximum Gasteiger partial charge on any atom is 0.349 e. The fourth-order valence-electron chi connectivity index (χ4n) is 2.98. The molecule has 1 aliphatic rings. The molecule has 3 N–H and O–H groups in total. The van der Waals surface area contributed by atoms with Gasteiger partial charge in [-0.15, -0.1) is 0 Å². The molecule has 2 atom stereocenters. The van der Waals surface area contributed by atoms with Crippen molar-refractivity contribution >= 4 is 16.9 Å². The van der Waals surface area contributed by atoms with E-state index in [0.29, 0.717) is 18.0 Å². The molecule has 1 amide bonds. The van der Waals surface area contributed by atoms with Crippen molar-refractivity contribution in [1.29, 1.82) is 0 Å². The zero-order valence-corrected chi connectivity index (χ0v) is 11.7. The Bertz CT molecular complexity index is 723. The average molecular weight is 286 g/mol. The normalized spacial score (nSPS) is 21.6. The van der Waals surface area contributed by atoms with Gasteiger partial charge in [0.05, 0.1) is 0 Å². The van der Waals surface area contributed by atoms with Crippen LogP contribution in [0.25, 0.3) is 11.0 Å². The second kappa shape index (κ2) is 5.69. The molecule has 0 radical (unpaired) electrons. The minimum Gasteiger partial charge on any atom is -0.422 e. The topological polar surface area (TPSA) is 85.3 Å². The highest BCUT2D eigenvalue weighted by Gasteiger charge is 2.28. The number of carbonyl (C=O) groups excluding carboxylic acids is 1. The van der Waals surface area contributed by atoms with Crippen molar-refractivity contribution < 1.29 is 9.21 Å². The van der Waals surface area contributed by atoms with Crippen molar-refractivity contribution in [2.75, 3.05) is 6.54 Å². The summed E-state index contributed by atoms with van der Waals surface area (Å²) in [6, 6.07) is 8.78. The van der Waals surface area contributed by atoms with Gasteiger partial charge in [0.1, 0.15) is 11.1 Å². The van der Waals surface area contributed by atoms with Crippen LogP contribution < -0.4 is 16.7 Å². The van der Waals surface area contributed by atoms with Crippen LogP contribution in [0.5, 0.6) is 0 Å². The van der Waals surface area contributed by atoms with Gasteiger partial charge in [-0.05, 0) is 37.4 Å². The van der Waals surface area contributed by atoms with Crippen LogP contribution in [-0.2, 0) is 0 Å². The van der Waals surface area contributed by atoms with Crippen LogP contribution in [0.1, 0.15) is 29.6 Å². The molecule has 5 heteroatoms. The molecule has 0 spiro atoms. The monoisotopic (exact) mass is 286 g/mol. The van der Waals surface area contributed by atoms with Gasteiger partial charge in [-0.1, -0.05) is 24.6 Å². The van der Waals surface area contributed by atoms with Crippen LogP contribution in [0.2, 0.25) is 0 Å². The molecular weight excluding hydrogens is 268 g/mol. The third-order valence-electron chi connectivity index (χ3n) is 4.16. The number of benzene rings is 1. The van der Waals surface area contributed by atoms with Crippen LogP contribution in [0.4, 0.5) is 0 Å². The van der Waals surface area contributed by atoms with E-state index in [0.717, 1.165) is 24.6 Å². The second-order valence-corrected chi connectivity index (χ2v) is 5.49. The van der Waals surface area contributed by atoms with Crippen LogP contribution in [-0.4, -0.2) is 18.5 Å². The van der Waals surface area contributed by atoms with Crippen molar-refractivity contribution in [2.45, 2.75) is 25.3 Å². The van der Waals surface area contributed by atoms with E-state index >= 15 is 0 Å². The first-order valence-electron chi connectivity index (χ1n) is 7.23. The van der Waals surface area contributed by atoms with E-state index in [2.05, 4.69) is 5.32 Å². The summed E-state index contributed by atoms with van der Waals surface area (Å²) < 4.78 is 5.19. The Hall–Kier alpha value is -2.14. The van der Waals surface area contributed by atoms with Crippen molar-refractivity contribution in [2.24, 2.45) is 11.7 Å². The Kier molecular flexibility index (Phi) is 3.75. The highest BCUT2D eigenvalue weighted by molar-refractivity contribution is 5.96. The summed E-state index contributed by atoms with van der Waals surface area (Å²) >= 11 is 0. The molecule has 1 fully saturated rings. The molecule has 0 saturated heterocycles. The summed E-state index contributed by atoms with van der Waals surface area (Å²) in [4.78, 5) is 24.3. The van der Waals surface area contributed by atoms with E-state index in [1.807, 2.05) is 12.1 Å². The zero-order valence-electron chi connectivity index (χ0n) is 11.7. The summed E-state index contributed by atoms with van der Waals surface area (Å²) in [5, 5.41) is 3.66. The van der Waals surface area contributed by atoms with Crippen molar-refractivity contribution in [3.63, 3.8) is 0 Å². The number of carbonyl (C=O) groups is 1. The van der Waals surface area contributed by atoms with E-state index in [9.17, 15) is 9.59 Å². The SMILES string of the molecule is NCC1CCCC1NC(=O)c1cc2ccccc2oc1=O. The lowest BCUT2D eigenvalue weighted by atomic mass is 10.0. The lowest BCUT2D eigenvalue weighted by Crippen LogP contribution is -2.41. The molecule has 0 bridgehead atoms. The smallest absolute Gasteiger partial charge is 0.349 e. The van der Waals surface area contributed by atoms with Crippen LogP contribution in [0.3, 0.4) is 0 Å². The van der Waals surface area contributed by atoms with Gasteiger partial charge in [0.15, 0.2) is 0 Å². The van der Waals surface area contributed by atoms with Crippen molar-refractivity contribution in [1.82, 2.24) is 5.32 Å². The first-order chi connectivity index (χ1) is 10.2. The fraction of sp³-hybridized carbons (Fsp3) is 0.375. The molecule has 2 aromatic rings. The van der Waals surface area contributed by atoms with Crippen molar-refractivity contribution in [3.05, 3.63) is 46.3 Å². The number of hydrogen-bond donors (Lipinski definition) is 2. The standard InChI is InChI=1S/C16H18N2O3/c17-9-11-5-3-6-13(11)18-15(19)12-8-10-4-1-2-7-14(10)21-16(12)20/h1-2,4,7-8,11,13H,3,5-6,9,17H2,(H,18,19). The minimum absolute atomic E-state index is 0.0494. The first-order valence-corrected chi connectivity index (χ1v) is 7.23. The molecular formula is C16H18N2O3. The second-order valence-electron chi connectivity index (χ2n) is 5.49. The summed E-state index contributed by atoms with van der Waals surface area (Å²) in [7, 11) is 0. The Labute approximate surface area is 122 Å².